The second kappa shape index (κ2) is 16.9. The molecule has 2 fully saturated rings. The Kier molecular flexibility index (Phi) is 11.2. The number of para-hydroxylation sites is 2. The average molecular weight is 766 g/mol. The number of imidazole rings is 2. The Morgan fingerprint density at radius 2 is 1.14 bits per heavy atom. The van der Waals surface area contributed by atoms with Gasteiger partial charge in [-0.25, -0.2) is 9.97 Å². The topological polar surface area (TPSA) is 122 Å². The van der Waals surface area contributed by atoms with E-state index in [2.05, 4.69) is 117 Å². The molecule has 4 heterocycles. The van der Waals surface area contributed by atoms with Crippen LogP contribution in [-0.4, -0.2) is 82.1 Å². The number of nitrogens with one attached hydrogen (secondary N) is 3. The van der Waals surface area contributed by atoms with E-state index in [1.807, 2.05) is 12.1 Å². The number of aromatic amines is 2. The lowest BCUT2D eigenvalue weighted by atomic mass is 10.1. The van der Waals surface area contributed by atoms with Gasteiger partial charge in [-0.3, -0.25) is 15.0 Å². The molecule has 0 bridgehead atoms. The molecule has 0 spiro atoms. The van der Waals surface area contributed by atoms with Crippen LogP contribution in [0.2, 0.25) is 0 Å². The van der Waals surface area contributed by atoms with E-state index in [4.69, 9.17) is 9.97 Å². The van der Waals surface area contributed by atoms with Crippen molar-refractivity contribution >= 4 is 39.1 Å². The van der Waals surface area contributed by atoms with Crippen molar-refractivity contribution in [3.05, 3.63) is 136 Å². The molecule has 2 saturated heterocycles. The molecule has 0 amide bonds. The number of rotatable bonds is 9. The minimum atomic E-state index is -0.800. The number of nitro benzene ring substituents is 1. The molecule has 7 aromatic rings. The highest BCUT2D eigenvalue weighted by molar-refractivity contribution is 5.92. The van der Waals surface area contributed by atoms with E-state index in [0.717, 1.165) is 121 Å². The maximum absolute atomic E-state index is 13.6. The summed E-state index contributed by atoms with van der Waals surface area (Å²) in [5.41, 5.74) is 11.6. The molecule has 0 atom stereocenters. The number of anilines is 2. The fraction of sp³-hybridized carbons (Fsp3) is 0.289. The highest BCUT2D eigenvalue weighted by Crippen LogP contribution is 2.31. The first-order valence-electron chi connectivity index (χ1n) is 19.9. The Hall–Kier alpha value is -6.11. The predicted molar refractivity (Wildman–Crippen MR) is 227 cm³/mol. The number of H-pyrrole nitrogens is 2. The van der Waals surface area contributed by atoms with Crippen LogP contribution in [0.1, 0.15) is 30.5 Å². The maximum Gasteiger partial charge on any atom is 0.305 e. The lowest BCUT2D eigenvalue weighted by Gasteiger charge is -2.36. The molecule has 9 rings (SSSR count). The van der Waals surface area contributed by atoms with Crippen LogP contribution in [0.3, 0.4) is 0 Å². The van der Waals surface area contributed by atoms with Gasteiger partial charge >= 0.3 is 5.69 Å². The largest absolute Gasteiger partial charge is 0.367 e. The van der Waals surface area contributed by atoms with Gasteiger partial charge in [0, 0.05) is 76.1 Å². The van der Waals surface area contributed by atoms with E-state index >= 15 is 0 Å². The molecule has 0 aliphatic carbocycles. The smallest absolute Gasteiger partial charge is 0.305 e. The van der Waals surface area contributed by atoms with Gasteiger partial charge in [0.05, 0.1) is 27.3 Å². The zero-order chi connectivity index (χ0) is 39.3. The molecule has 0 radical (unpaired) electrons. The Morgan fingerprint density at radius 1 is 0.649 bits per heavy atom. The Balaban J connectivity index is 0.000000172. The molecule has 11 nitrogen and oxygen atoms in total. The average Bonchev–Trinajstić information content (AvgIpc) is 3.91. The SMILES string of the molecule is CCc1ccc(-c2nc3c(N4CCN(Cc5ccc(F)c([N+](=O)[O-])c5)CC4)cccc3[nH]2)cc1.CCc1ccc(-c2nc3c(N4CCNCC4)cccc3[nH]2)cc1. The van der Waals surface area contributed by atoms with Crippen molar-refractivity contribution in [3.63, 3.8) is 0 Å². The van der Waals surface area contributed by atoms with Crippen molar-refractivity contribution in [2.75, 3.05) is 62.2 Å². The molecule has 0 saturated carbocycles. The fourth-order valence-corrected chi connectivity index (χ4v) is 7.72. The van der Waals surface area contributed by atoms with E-state index in [-0.39, 0.29) is 0 Å². The van der Waals surface area contributed by atoms with E-state index in [1.54, 1.807) is 6.07 Å². The Labute approximate surface area is 331 Å². The highest BCUT2D eigenvalue weighted by Gasteiger charge is 2.22. The van der Waals surface area contributed by atoms with Gasteiger partial charge in [0.25, 0.3) is 0 Å². The summed E-state index contributed by atoms with van der Waals surface area (Å²) in [5.74, 6) is 1.01. The van der Waals surface area contributed by atoms with Crippen LogP contribution in [0.4, 0.5) is 21.5 Å². The van der Waals surface area contributed by atoms with Crippen LogP contribution in [-0.2, 0) is 19.4 Å². The van der Waals surface area contributed by atoms with Crippen molar-refractivity contribution in [2.24, 2.45) is 0 Å². The molecule has 2 aliphatic heterocycles. The molecule has 2 aliphatic rings. The summed E-state index contributed by atoms with van der Waals surface area (Å²) in [6, 6.07) is 33.9. The van der Waals surface area contributed by atoms with Gasteiger partial charge in [-0.1, -0.05) is 80.6 Å². The molecular formula is C45H48FN9O2. The van der Waals surface area contributed by atoms with Crippen molar-refractivity contribution in [2.45, 2.75) is 33.2 Å². The third-order valence-corrected chi connectivity index (χ3v) is 11.0. The van der Waals surface area contributed by atoms with Gasteiger partial charge in [0.1, 0.15) is 22.7 Å². The lowest BCUT2D eigenvalue weighted by Crippen LogP contribution is -2.46. The molecule has 292 valence electrons. The summed E-state index contributed by atoms with van der Waals surface area (Å²) in [4.78, 5) is 34.1. The van der Waals surface area contributed by atoms with Gasteiger partial charge in [0.2, 0.25) is 5.82 Å². The normalized spacial score (nSPS) is 14.9. The molecule has 0 unspecified atom stereocenters. The van der Waals surface area contributed by atoms with Crippen molar-refractivity contribution in [1.82, 2.24) is 30.2 Å². The number of aromatic nitrogens is 4. The number of hydrogen-bond acceptors (Lipinski definition) is 8. The molecule has 12 heteroatoms. The number of aryl methyl sites for hydroxylation is 2. The number of piperazine rings is 2. The third-order valence-electron chi connectivity index (χ3n) is 11.0. The molecule has 3 N–H and O–H groups in total. The quantitative estimate of drug-likeness (QED) is 0.0991. The summed E-state index contributed by atoms with van der Waals surface area (Å²) in [5, 5.41) is 14.4. The summed E-state index contributed by atoms with van der Waals surface area (Å²) >= 11 is 0. The highest BCUT2D eigenvalue weighted by atomic mass is 19.1. The number of halogens is 1. The lowest BCUT2D eigenvalue weighted by molar-refractivity contribution is -0.387. The fourth-order valence-electron chi connectivity index (χ4n) is 7.72. The van der Waals surface area contributed by atoms with Crippen LogP contribution in [0.5, 0.6) is 0 Å². The Morgan fingerprint density at radius 3 is 1.63 bits per heavy atom. The predicted octanol–water partition coefficient (Wildman–Crippen LogP) is 8.36. The first kappa shape index (κ1) is 37.8. The summed E-state index contributed by atoms with van der Waals surface area (Å²) in [6.07, 6.45) is 2.07. The van der Waals surface area contributed by atoms with E-state index < -0.39 is 16.4 Å². The Bertz CT molecular complexity index is 2460. The zero-order valence-corrected chi connectivity index (χ0v) is 32.5. The molecular weight excluding hydrogens is 718 g/mol. The summed E-state index contributed by atoms with van der Waals surface area (Å²) in [6.45, 7) is 12.2. The van der Waals surface area contributed by atoms with Crippen molar-refractivity contribution in [3.8, 4) is 22.8 Å². The number of hydrogen-bond donors (Lipinski definition) is 3. The van der Waals surface area contributed by atoms with Crippen LogP contribution < -0.4 is 15.1 Å². The van der Waals surface area contributed by atoms with Gasteiger partial charge in [-0.05, 0) is 59.9 Å². The van der Waals surface area contributed by atoms with E-state index in [1.165, 1.54) is 28.9 Å². The number of nitrogens with zero attached hydrogens (tertiary/aromatic N) is 6. The second-order valence-electron chi connectivity index (χ2n) is 14.7. The van der Waals surface area contributed by atoms with Crippen molar-refractivity contribution < 1.29 is 9.31 Å². The number of nitro groups is 1. The van der Waals surface area contributed by atoms with Gasteiger partial charge < -0.3 is 25.1 Å². The van der Waals surface area contributed by atoms with E-state index in [0.29, 0.717) is 6.54 Å². The second-order valence-corrected chi connectivity index (χ2v) is 14.7. The number of fused-ring (bicyclic) bond motifs is 2. The minimum Gasteiger partial charge on any atom is -0.367 e. The van der Waals surface area contributed by atoms with Crippen LogP contribution in [0.25, 0.3) is 44.8 Å². The molecule has 5 aromatic carbocycles. The summed E-state index contributed by atoms with van der Waals surface area (Å²) < 4.78 is 13.6. The number of benzene rings is 5. The van der Waals surface area contributed by atoms with Crippen LogP contribution in [0, 0.1) is 15.9 Å². The monoisotopic (exact) mass is 765 g/mol. The molecule has 57 heavy (non-hydrogen) atoms. The third kappa shape index (κ3) is 8.37. The zero-order valence-electron chi connectivity index (χ0n) is 32.5. The van der Waals surface area contributed by atoms with E-state index in [9.17, 15) is 14.5 Å². The summed E-state index contributed by atoms with van der Waals surface area (Å²) in [7, 11) is 0. The van der Waals surface area contributed by atoms with Crippen LogP contribution >= 0.6 is 0 Å². The minimum absolute atomic E-state index is 0.471. The molecule has 2 aromatic heterocycles. The van der Waals surface area contributed by atoms with Crippen molar-refractivity contribution in [1.29, 1.82) is 0 Å². The van der Waals surface area contributed by atoms with Crippen LogP contribution in [0.15, 0.2) is 103 Å². The first-order valence-corrected chi connectivity index (χ1v) is 19.9. The van der Waals surface area contributed by atoms with Gasteiger partial charge in [0.15, 0.2) is 0 Å². The van der Waals surface area contributed by atoms with Gasteiger partial charge in [-0.15, -0.1) is 0 Å². The maximum atomic E-state index is 13.6. The van der Waals surface area contributed by atoms with Gasteiger partial charge in [-0.2, -0.15) is 4.39 Å². The first-order chi connectivity index (χ1) is 27.9. The standard InChI is InChI=1S/C26H26FN5O2.C19H22N4/c1-2-18-6-9-20(10-7-18)26-28-22-4-3-5-23(25(22)29-26)31-14-12-30(13-15-31)17-19-8-11-21(27)24(16-19)32(33)34;1-2-14-6-8-15(9-7-14)19-21-16-4-3-5-17(18(16)22-19)23-12-10-20-11-13-23/h3-11,16H,2,12-15,17H2,1H3,(H,28,29);3-9,20H,2,10-13H2,1H3,(H,21,22).